The molecule has 28 heavy (non-hydrogen) atoms. The summed E-state index contributed by atoms with van der Waals surface area (Å²) in [5.41, 5.74) is 2.26. The zero-order valence-electron chi connectivity index (χ0n) is 15.7. The van der Waals surface area contributed by atoms with E-state index in [0.717, 1.165) is 24.5 Å². The zero-order chi connectivity index (χ0) is 20.1. The largest absolute Gasteiger partial charge is 0.371 e. The molecule has 1 unspecified atom stereocenters. The third kappa shape index (κ3) is 5.43. The van der Waals surface area contributed by atoms with Crippen LogP contribution in [0.3, 0.4) is 0 Å². The molecule has 1 heterocycles. The molecule has 0 radical (unpaired) electrons. The number of halogens is 2. The van der Waals surface area contributed by atoms with Crippen molar-refractivity contribution in [2.75, 3.05) is 23.3 Å². The number of carbonyl (C=O) groups excluding carboxylic acids is 2. The van der Waals surface area contributed by atoms with Gasteiger partial charge in [-0.05, 0) is 78.8 Å². The zero-order valence-corrected chi connectivity index (χ0v) is 17.8. The minimum atomic E-state index is -0.385. The van der Waals surface area contributed by atoms with Crippen LogP contribution in [-0.4, -0.2) is 30.9 Å². The maximum Gasteiger partial charge on any atom is 0.252 e. The maximum atomic E-state index is 13.2. The molecule has 2 aromatic rings. The Balaban J connectivity index is 1.54. The van der Waals surface area contributed by atoms with Crippen LogP contribution in [0.4, 0.5) is 15.8 Å². The first kappa shape index (κ1) is 20.6. The molecule has 2 N–H and O–H groups in total. The van der Waals surface area contributed by atoms with Gasteiger partial charge in [-0.3, -0.25) is 9.59 Å². The average Bonchev–Trinajstić information content (AvgIpc) is 3.16. The Labute approximate surface area is 177 Å². The van der Waals surface area contributed by atoms with Crippen LogP contribution >= 0.6 is 22.6 Å². The summed E-state index contributed by atoms with van der Waals surface area (Å²) in [7, 11) is 0. The molecule has 1 fully saturated rings. The third-order valence-electron chi connectivity index (χ3n) is 4.65. The topological polar surface area (TPSA) is 61.4 Å². The monoisotopic (exact) mass is 495 g/mol. The fraction of sp³-hybridized carbons (Fsp3) is 0.333. The van der Waals surface area contributed by atoms with Crippen molar-refractivity contribution in [3.8, 4) is 0 Å². The van der Waals surface area contributed by atoms with E-state index in [-0.39, 0.29) is 30.1 Å². The molecule has 3 rings (SSSR count). The summed E-state index contributed by atoms with van der Waals surface area (Å²) in [4.78, 5) is 27.0. The van der Waals surface area contributed by atoms with E-state index in [1.165, 1.54) is 31.0 Å². The van der Waals surface area contributed by atoms with E-state index in [4.69, 9.17) is 0 Å². The molecule has 0 aliphatic carbocycles. The molecule has 1 saturated heterocycles. The summed E-state index contributed by atoms with van der Waals surface area (Å²) in [6.07, 6.45) is 2.54. The lowest BCUT2D eigenvalue weighted by molar-refractivity contribution is -0.116. The molecule has 0 bridgehead atoms. The standard InChI is InChI=1S/C21H23FIN3O2/c1-14(24-21(28)18-8-7-15(22)12-19(18)23)11-20(27)25-16-5-4-6-17(13-16)26-9-2-3-10-26/h4-8,12-14H,2-3,9-11H2,1H3,(H,24,28)(H,25,27). The summed E-state index contributed by atoms with van der Waals surface area (Å²) in [6.45, 7) is 3.86. The Kier molecular flexibility index (Phi) is 6.88. The van der Waals surface area contributed by atoms with Crippen LogP contribution in [0.15, 0.2) is 42.5 Å². The highest BCUT2D eigenvalue weighted by molar-refractivity contribution is 14.1. The molecule has 1 atom stereocenters. The fourth-order valence-electron chi connectivity index (χ4n) is 3.27. The SMILES string of the molecule is CC(CC(=O)Nc1cccc(N2CCCC2)c1)NC(=O)c1ccc(F)cc1I. The Bertz CT molecular complexity index is 868. The number of nitrogens with zero attached hydrogens (tertiary/aromatic N) is 1. The Morgan fingerprint density at radius 1 is 1.18 bits per heavy atom. The first-order valence-corrected chi connectivity index (χ1v) is 10.4. The Hall–Kier alpha value is -2.16. The average molecular weight is 495 g/mol. The predicted molar refractivity (Wildman–Crippen MR) is 117 cm³/mol. The van der Waals surface area contributed by atoms with E-state index < -0.39 is 0 Å². The first-order valence-electron chi connectivity index (χ1n) is 9.33. The van der Waals surface area contributed by atoms with Crippen molar-refractivity contribution >= 4 is 45.8 Å². The molecule has 0 aromatic heterocycles. The summed E-state index contributed by atoms with van der Waals surface area (Å²) < 4.78 is 13.7. The number of benzene rings is 2. The van der Waals surface area contributed by atoms with Crippen LogP contribution < -0.4 is 15.5 Å². The van der Waals surface area contributed by atoms with Gasteiger partial charge in [0.25, 0.3) is 5.91 Å². The van der Waals surface area contributed by atoms with E-state index in [2.05, 4.69) is 15.5 Å². The van der Waals surface area contributed by atoms with Gasteiger partial charge in [-0.1, -0.05) is 6.07 Å². The second-order valence-corrected chi connectivity index (χ2v) is 8.16. The van der Waals surface area contributed by atoms with Gasteiger partial charge in [0.05, 0.1) is 5.56 Å². The number of nitrogens with one attached hydrogen (secondary N) is 2. The molecular weight excluding hydrogens is 472 g/mol. The molecular formula is C21H23FIN3O2. The molecule has 148 valence electrons. The lowest BCUT2D eigenvalue weighted by Crippen LogP contribution is -2.35. The quantitative estimate of drug-likeness (QED) is 0.592. The Morgan fingerprint density at radius 3 is 2.64 bits per heavy atom. The van der Waals surface area contributed by atoms with Gasteiger partial charge in [-0.25, -0.2) is 4.39 Å². The van der Waals surface area contributed by atoms with Crippen LogP contribution in [0.5, 0.6) is 0 Å². The second kappa shape index (κ2) is 9.36. The summed E-state index contributed by atoms with van der Waals surface area (Å²) in [5, 5.41) is 5.69. The Morgan fingerprint density at radius 2 is 1.93 bits per heavy atom. The van der Waals surface area contributed by atoms with E-state index in [1.807, 2.05) is 46.9 Å². The lowest BCUT2D eigenvalue weighted by atomic mass is 10.1. The molecule has 2 amide bonds. The van der Waals surface area contributed by atoms with E-state index in [0.29, 0.717) is 9.13 Å². The predicted octanol–water partition coefficient (Wildman–Crippen LogP) is 4.18. The second-order valence-electron chi connectivity index (χ2n) is 7.00. The van der Waals surface area contributed by atoms with Gasteiger partial charge >= 0.3 is 0 Å². The van der Waals surface area contributed by atoms with E-state index >= 15 is 0 Å². The molecule has 1 aliphatic rings. The number of rotatable bonds is 6. The van der Waals surface area contributed by atoms with Crippen LogP contribution in [0.2, 0.25) is 0 Å². The number of anilines is 2. The van der Waals surface area contributed by atoms with Gasteiger partial charge < -0.3 is 15.5 Å². The number of hydrogen-bond donors (Lipinski definition) is 2. The summed E-state index contributed by atoms with van der Waals surface area (Å²) >= 11 is 1.92. The molecule has 5 nitrogen and oxygen atoms in total. The molecule has 0 saturated carbocycles. The molecule has 2 aromatic carbocycles. The van der Waals surface area contributed by atoms with Crippen molar-refractivity contribution in [3.05, 3.63) is 57.4 Å². The number of carbonyl (C=O) groups is 2. The van der Waals surface area contributed by atoms with Gasteiger partial charge in [0.2, 0.25) is 5.91 Å². The highest BCUT2D eigenvalue weighted by Crippen LogP contribution is 2.23. The van der Waals surface area contributed by atoms with Crippen molar-refractivity contribution in [2.45, 2.75) is 32.2 Å². The molecule has 7 heteroatoms. The van der Waals surface area contributed by atoms with Gasteiger partial charge in [-0.2, -0.15) is 0 Å². The van der Waals surface area contributed by atoms with Crippen LogP contribution in [0.25, 0.3) is 0 Å². The first-order chi connectivity index (χ1) is 13.4. The number of amides is 2. The van der Waals surface area contributed by atoms with Crippen molar-refractivity contribution < 1.29 is 14.0 Å². The van der Waals surface area contributed by atoms with E-state index in [9.17, 15) is 14.0 Å². The van der Waals surface area contributed by atoms with Crippen molar-refractivity contribution in [2.24, 2.45) is 0 Å². The minimum absolute atomic E-state index is 0.150. The lowest BCUT2D eigenvalue weighted by Gasteiger charge is -2.19. The van der Waals surface area contributed by atoms with Crippen LogP contribution in [0.1, 0.15) is 36.5 Å². The van der Waals surface area contributed by atoms with Gasteiger partial charge in [0, 0.05) is 40.5 Å². The fourth-order valence-corrected chi connectivity index (χ4v) is 3.99. The molecule has 1 aliphatic heterocycles. The third-order valence-corrected chi connectivity index (χ3v) is 5.54. The van der Waals surface area contributed by atoms with Crippen molar-refractivity contribution in [1.29, 1.82) is 0 Å². The highest BCUT2D eigenvalue weighted by atomic mass is 127. The van der Waals surface area contributed by atoms with Gasteiger partial charge in [-0.15, -0.1) is 0 Å². The van der Waals surface area contributed by atoms with Crippen LogP contribution in [-0.2, 0) is 4.79 Å². The minimum Gasteiger partial charge on any atom is -0.371 e. The maximum absolute atomic E-state index is 13.2. The summed E-state index contributed by atoms with van der Waals surface area (Å²) in [5.74, 6) is -0.870. The number of hydrogen-bond acceptors (Lipinski definition) is 3. The highest BCUT2D eigenvalue weighted by Gasteiger charge is 2.17. The molecule has 0 spiro atoms. The van der Waals surface area contributed by atoms with Crippen molar-refractivity contribution in [1.82, 2.24) is 5.32 Å². The van der Waals surface area contributed by atoms with Gasteiger partial charge in [0.1, 0.15) is 5.82 Å². The smallest absolute Gasteiger partial charge is 0.252 e. The van der Waals surface area contributed by atoms with E-state index in [1.54, 1.807) is 6.92 Å². The van der Waals surface area contributed by atoms with Gasteiger partial charge in [0.15, 0.2) is 0 Å². The summed E-state index contributed by atoms with van der Waals surface area (Å²) in [6, 6.07) is 11.5. The normalized spacial score (nSPS) is 14.6. The van der Waals surface area contributed by atoms with Crippen LogP contribution in [0, 0.1) is 9.39 Å². The van der Waals surface area contributed by atoms with Crippen molar-refractivity contribution in [3.63, 3.8) is 0 Å².